The number of nitro benzene ring substituents is 1. The number of aromatic nitrogens is 4. The maximum Gasteiger partial charge on any atom is 0.269 e. The van der Waals surface area contributed by atoms with Gasteiger partial charge in [0.25, 0.3) is 5.69 Å². The van der Waals surface area contributed by atoms with Crippen LogP contribution in [0.5, 0.6) is 0 Å². The Morgan fingerprint density at radius 3 is 2.67 bits per heavy atom. The number of non-ortho nitro benzene ring substituents is 1. The maximum absolute atomic E-state index is 12.4. The van der Waals surface area contributed by atoms with E-state index in [9.17, 15) is 14.9 Å². The molecule has 0 fully saturated rings. The number of nitro groups is 1. The highest BCUT2D eigenvalue weighted by Gasteiger charge is 2.19. The quantitative estimate of drug-likeness (QED) is 0.394. The molecule has 0 bridgehead atoms. The Bertz CT molecular complexity index is 973. The average molecular weight is 384 g/mol. The predicted molar refractivity (Wildman–Crippen MR) is 101 cm³/mol. The summed E-state index contributed by atoms with van der Waals surface area (Å²) in [5.74, 6) is -0.257. The Morgan fingerprint density at radius 2 is 2.00 bits per heavy atom. The van der Waals surface area contributed by atoms with Crippen LogP contribution in [0.25, 0.3) is 5.69 Å². The fraction of sp³-hybridized carbons (Fsp3) is 0.176. The molecule has 138 valence electrons. The van der Waals surface area contributed by atoms with Crippen molar-refractivity contribution in [3.05, 3.63) is 64.2 Å². The molecule has 1 atom stereocenters. The molecule has 27 heavy (non-hydrogen) atoms. The topological polar surface area (TPSA) is 116 Å². The Hall–Kier alpha value is -3.27. The standard InChI is InChI=1S/C17H16N6O3S/c1-11-4-3-5-15(10-11)22-17(19-20-21-22)27-12(2)16(24)18-13-6-8-14(9-7-13)23(25)26/h3-10,12H,1-2H3,(H,18,24). The molecule has 0 saturated carbocycles. The molecule has 1 N–H and O–H groups in total. The van der Waals surface area contributed by atoms with E-state index in [-0.39, 0.29) is 11.6 Å². The predicted octanol–water partition coefficient (Wildman–Crippen LogP) is 3.00. The van der Waals surface area contributed by atoms with E-state index >= 15 is 0 Å². The Kier molecular flexibility index (Phi) is 5.46. The first-order valence-electron chi connectivity index (χ1n) is 8.01. The lowest BCUT2D eigenvalue weighted by molar-refractivity contribution is -0.384. The molecule has 0 saturated heterocycles. The van der Waals surface area contributed by atoms with E-state index < -0.39 is 10.2 Å². The number of hydrogen-bond donors (Lipinski definition) is 1. The van der Waals surface area contributed by atoms with Crippen LogP contribution in [0.3, 0.4) is 0 Å². The fourth-order valence-corrected chi connectivity index (χ4v) is 3.10. The maximum atomic E-state index is 12.4. The van der Waals surface area contributed by atoms with Crippen LogP contribution in [0.1, 0.15) is 12.5 Å². The second-order valence-corrected chi connectivity index (χ2v) is 7.07. The van der Waals surface area contributed by atoms with Gasteiger partial charge in [0.2, 0.25) is 11.1 Å². The zero-order valence-electron chi connectivity index (χ0n) is 14.6. The number of carbonyl (C=O) groups excluding carboxylic acids is 1. The van der Waals surface area contributed by atoms with Crippen LogP contribution in [0.15, 0.2) is 53.7 Å². The number of anilines is 1. The molecule has 9 nitrogen and oxygen atoms in total. The molecule has 10 heteroatoms. The summed E-state index contributed by atoms with van der Waals surface area (Å²) in [6, 6.07) is 13.4. The Labute approximate surface area is 158 Å². The summed E-state index contributed by atoms with van der Waals surface area (Å²) in [5.41, 5.74) is 2.33. The average Bonchev–Trinajstić information content (AvgIpc) is 3.10. The molecule has 0 spiro atoms. The van der Waals surface area contributed by atoms with E-state index in [1.54, 1.807) is 11.6 Å². The number of tetrazole rings is 1. The summed E-state index contributed by atoms with van der Waals surface area (Å²) in [6.45, 7) is 3.71. The second kappa shape index (κ2) is 7.96. The van der Waals surface area contributed by atoms with Crippen LogP contribution in [-0.2, 0) is 4.79 Å². The smallest absolute Gasteiger partial charge is 0.269 e. The largest absolute Gasteiger partial charge is 0.325 e. The van der Waals surface area contributed by atoms with Gasteiger partial charge in [0.1, 0.15) is 0 Å². The van der Waals surface area contributed by atoms with Crippen molar-refractivity contribution < 1.29 is 9.72 Å². The number of thioether (sulfide) groups is 1. The van der Waals surface area contributed by atoms with Crippen LogP contribution in [0.4, 0.5) is 11.4 Å². The van der Waals surface area contributed by atoms with E-state index in [0.29, 0.717) is 10.8 Å². The first-order chi connectivity index (χ1) is 12.9. The summed E-state index contributed by atoms with van der Waals surface area (Å²) < 4.78 is 1.58. The van der Waals surface area contributed by atoms with E-state index in [4.69, 9.17) is 0 Å². The summed E-state index contributed by atoms with van der Waals surface area (Å²) in [6.07, 6.45) is 0. The molecular weight excluding hydrogens is 368 g/mol. The van der Waals surface area contributed by atoms with Crippen LogP contribution in [0, 0.1) is 17.0 Å². The fourth-order valence-electron chi connectivity index (χ4n) is 2.30. The van der Waals surface area contributed by atoms with E-state index in [1.165, 1.54) is 36.0 Å². The van der Waals surface area contributed by atoms with Crippen LogP contribution in [0.2, 0.25) is 0 Å². The lowest BCUT2D eigenvalue weighted by Gasteiger charge is -2.12. The molecular formula is C17H16N6O3S. The van der Waals surface area contributed by atoms with E-state index in [2.05, 4.69) is 20.8 Å². The molecule has 0 aliphatic carbocycles. The number of aryl methyl sites for hydroxylation is 1. The normalized spacial score (nSPS) is 11.8. The summed E-state index contributed by atoms with van der Waals surface area (Å²) >= 11 is 1.22. The molecule has 2 aromatic carbocycles. The summed E-state index contributed by atoms with van der Waals surface area (Å²) in [4.78, 5) is 22.6. The van der Waals surface area contributed by atoms with Gasteiger partial charge < -0.3 is 5.32 Å². The zero-order valence-corrected chi connectivity index (χ0v) is 15.4. The van der Waals surface area contributed by atoms with Gasteiger partial charge in [-0.15, -0.1) is 5.10 Å². The molecule has 0 aliphatic rings. The summed E-state index contributed by atoms with van der Waals surface area (Å²) in [7, 11) is 0. The van der Waals surface area contributed by atoms with Crippen molar-refractivity contribution in [2.45, 2.75) is 24.3 Å². The highest BCUT2D eigenvalue weighted by molar-refractivity contribution is 8.00. The van der Waals surface area contributed by atoms with Crippen molar-refractivity contribution in [2.75, 3.05) is 5.32 Å². The highest BCUT2D eigenvalue weighted by atomic mass is 32.2. The number of nitrogens with one attached hydrogen (secondary N) is 1. The lowest BCUT2D eigenvalue weighted by atomic mass is 10.2. The third-order valence-electron chi connectivity index (χ3n) is 3.68. The van der Waals surface area contributed by atoms with Crippen molar-refractivity contribution in [1.82, 2.24) is 20.2 Å². The third kappa shape index (κ3) is 4.47. The molecule has 3 aromatic rings. The minimum Gasteiger partial charge on any atom is -0.325 e. The number of rotatable bonds is 6. The van der Waals surface area contributed by atoms with Gasteiger partial charge in [0.15, 0.2) is 0 Å². The Balaban J connectivity index is 1.69. The third-order valence-corrected chi connectivity index (χ3v) is 4.72. The number of nitrogens with zero attached hydrogens (tertiary/aromatic N) is 5. The highest BCUT2D eigenvalue weighted by Crippen LogP contribution is 2.24. The van der Waals surface area contributed by atoms with Crippen LogP contribution in [-0.4, -0.2) is 36.3 Å². The van der Waals surface area contributed by atoms with Gasteiger partial charge in [-0.05, 0) is 54.1 Å². The van der Waals surface area contributed by atoms with Crippen molar-refractivity contribution in [1.29, 1.82) is 0 Å². The Morgan fingerprint density at radius 1 is 1.26 bits per heavy atom. The first-order valence-corrected chi connectivity index (χ1v) is 8.89. The van der Waals surface area contributed by atoms with Gasteiger partial charge >= 0.3 is 0 Å². The molecule has 1 unspecified atom stereocenters. The molecule has 3 rings (SSSR count). The van der Waals surface area contributed by atoms with E-state index in [0.717, 1.165) is 11.3 Å². The lowest BCUT2D eigenvalue weighted by Crippen LogP contribution is -2.22. The van der Waals surface area contributed by atoms with Crippen LogP contribution < -0.4 is 5.32 Å². The molecule has 1 heterocycles. The number of amides is 1. The molecule has 0 radical (unpaired) electrons. The molecule has 0 aliphatic heterocycles. The monoisotopic (exact) mass is 384 g/mol. The van der Waals surface area contributed by atoms with Gasteiger partial charge in [0.05, 0.1) is 15.9 Å². The minimum atomic E-state index is -0.491. The van der Waals surface area contributed by atoms with Crippen LogP contribution >= 0.6 is 11.8 Å². The van der Waals surface area contributed by atoms with Crippen molar-refractivity contribution in [3.63, 3.8) is 0 Å². The van der Waals surface area contributed by atoms with Crippen molar-refractivity contribution in [3.8, 4) is 5.69 Å². The first kappa shape index (κ1) is 18.5. The van der Waals surface area contributed by atoms with Crippen molar-refractivity contribution >= 4 is 29.0 Å². The molecule has 1 aromatic heterocycles. The minimum absolute atomic E-state index is 0.0345. The second-order valence-electron chi connectivity index (χ2n) is 5.77. The van der Waals surface area contributed by atoms with Gasteiger partial charge in [0, 0.05) is 17.8 Å². The SMILES string of the molecule is Cc1cccc(-n2nnnc2SC(C)C(=O)Nc2ccc([N+](=O)[O-])cc2)c1. The van der Waals surface area contributed by atoms with E-state index in [1.807, 2.05) is 31.2 Å². The van der Waals surface area contributed by atoms with Crippen molar-refractivity contribution in [2.24, 2.45) is 0 Å². The number of carbonyl (C=O) groups is 1. The summed E-state index contributed by atoms with van der Waals surface area (Å²) in [5, 5.41) is 25.1. The van der Waals surface area contributed by atoms with Gasteiger partial charge in [-0.1, -0.05) is 23.9 Å². The molecule has 1 amide bonds. The van der Waals surface area contributed by atoms with Gasteiger partial charge in [-0.25, -0.2) is 0 Å². The number of hydrogen-bond acceptors (Lipinski definition) is 7. The number of benzene rings is 2. The zero-order chi connectivity index (χ0) is 19.4. The van der Waals surface area contributed by atoms with Gasteiger partial charge in [-0.2, -0.15) is 4.68 Å². The van der Waals surface area contributed by atoms with Gasteiger partial charge in [-0.3, -0.25) is 14.9 Å².